The highest BCUT2D eigenvalue weighted by Crippen LogP contribution is 2.37. The molecule has 10 heteroatoms. The summed E-state index contributed by atoms with van der Waals surface area (Å²) in [5, 5.41) is 23.3. The van der Waals surface area contributed by atoms with Crippen molar-refractivity contribution in [3.63, 3.8) is 0 Å². The molecule has 0 radical (unpaired) electrons. The molecule has 1 aromatic carbocycles. The van der Waals surface area contributed by atoms with Gasteiger partial charge in [-0.25, -0.2) is 0 Å². The molecule has 7 nitrogen and oxygen atoms in total. The first-order valence-electron chi connectivity index (χ1n) is 6.01. The van der Waals surface area contributed by atoms with E-state index >= 15 is 0 Å². The molecule has 0 aromatic heterocycles. The number of aliphatic hydroxyl groups excluding tert-OH is 2. The number of rotatable bonds is 5. The van der Waals surface area contributed by atoms with Gasteiger partial charge in [-0.2, -0.15) is 0 Å². The van der Waals surface area contributed by atoms with Crippen molar-refractivity contribution in [2.75, 3.05) is 24.2 Å². The van der Waals surface area contributed by atoms with Gasteiger partial charge in [-0.15, -0.1) is 0 Å². The van der Waals surface area contributed by atoms with E-state index in [1.165, 1.54) is 6.92 Å². The third-order valence-corrected chi connectivity index (χ3v) is 5.91. The Bertz CT molecular complexity index is 610. The molecule has 0 heterocycles. The summed E-state index contributed by atoms with van der Waals surface area (Å²) in [6.07, 6.45) is -1.03. The van der Waals surface area contributed by atoms with Crippen molar-refractivity contribution in [3.8, 4) is 0 Å². The van der Waals surface area contributed by atoms with E-state index in [0.717, 1.165) is 0 Å². The predicted molar refractivity (Wildman–Crippen MR) is 109 cm³/mol. The second-order valence-electron chi connectivity index (χ2n) is 4.33. The number of anilines is 2. The largest absolute Gasteiger partial charge is 0.397 e. The summed E-state index contributed by atoms with van der Waals surface area (Å²) >= 11 is 5.95. The monoisotopic (exact) mass is 645 g/mol. The van der Waals surface area contributed by atoms with Crippen LogP contribution in [0.2, 0.25) is 0 Å². The zero-order chi connectivity index (χ0) is 17.0. The van der Waals surface area contributed by atoms with Crippen molar-refractivity contribution in [1.29, 1.82) is 0 Å². The van der Waals surface area contributed by atoms with Crippen LogP contribution in [0.25, 0.3) is 0 Å². The first-order chi connectivity index (χ1) is 10.2. The molecule has 1 rings (SSSR count). The first kappa shape index (κ1) is 20.1. The molecule has 0 spiro atoms. The van der Waals surface area contributed by atoms with Crippen molar-refractivity contribution < 1.29 is 19.8 Å². The van der Waals surface area contributed by atoms with Crippen LogP contribution in [0.4, 0.5) is 11.4 Å². The minimum Gasteiger partial charge on any atom is -0.397 e. The third-order valence-electron chi connectivity index (χ3n) is 2.59. The number of aliphatic hydroxyl groups is 2. The summed E-state index contributed by atoms with van der Waals surface area (Å²) in [5.74, 6) is -0.700. The Kier molecular flexibility index (Phi) is 8.04. The van der Waals surface area contributed by atoms with Gasteiger partial charge in [-0.3, -0.25) is 9.59 Å². The maximum atomic E-state index is 12.3. The quantitative estimate of drug-likeness (QED) is 0.243. The lowest BCUT2D eigenvalue weighted by Gasteiger charge is -2.18. The fraction of sp³-hybridized carbons (Fsp3) is 0.333. The Morgan fingerprint density at radius 2 is 1.82 bits per heavy atom. The van der Waals surface area contributed by atoms with Gasteiger partial charge in [0.05, 0.1) is 40.4 Å². The first-order valence-corrected chi connectivity index (χ1v) is 9.24. The number of carbonyl (C=O) groups excluding carboxylic acids is 2. The molecule has 0 aliphatic carbocycles. The topological polar surface area (TPSA) is 125 Å². The van der Waals surface area contributed by atoms with Crippen molar-refractivity contribution in [2.24, 2.45) is 0 Å². The number of nitrogen functional groups attached to an aromatic ring is 1. The van der Waals surface area contributed by atoms with Gasteiger partial charge in [-0.1, -0.05) is 0 Å². The molecular formula is C12H14I3N3O4. The SMILES string of the molecule is CC(=O)Nc1c(I)c(N)c(I)c(C(=O)NCC(O)CO)c1I. The van der Waals surface area contributed by atoms with Gasteiger partial charge in [0.25, 0.3) is 5.91 Å². The Morgan fingerprint density at radius 3 is 2.32 bits per heavy atom. The van der Waals surface area contributed by atoms with Crippen molar-refractivity contribution >= 4 is 91.0 Å². The number of hydrogen-bond acceptors (Lipinski definition) is 5. The molecule has 122 valence electrons. The number of nitrogens with one attached hydrogen (secondary N) is 2. The summed E-state index contributed by atoms with van der Waals surface area (Å²) in [4.78, 5) is 23.7. The maximum Gasteiger partial charge on any atom is 0.253 e. The fourth-order valence-corrected chi connectivity index (χ4v) is 5.46. The number of hydrogen-bond donors (Lipinski definition) is 5. The van der Waals surface area contributed by atoms with Gasteiger partial charge < -0.3 is 26.6 Å². The Morgan fingerprint density at radius 1 is 1.23 bits per heavy atom. The van der Waals surface area contributed by atoms with E-state index in [1.807, 2.05) is 67.8 Å². The van der Waals surface area contributed by atoms with Crippen molar-refractivity contribution in [2.45, 2.75) is 13.0 Å². The summed E-state index contributed by atoms with van der Waals surface area (Å²) in [7, 11) is 0. The van der Waals surface area contributed by atoms with Crippen molar-refractivity contribution in [3.05, 3.63) is 16.3 Å². The zero-order valence-corrected chi connectivity index (χ0v) is 17.9. The summed E-state index contributed by atoms with van der Waals surface area (Å²) in [6, 6.07) is 0. The van der Waals surface area contributed by atoms with E-state index < -0.39 is 18.6 Å². The highest BCUT2D eigenvalue weighted by molar-refractivity contribution is 14.1. The van der Waals surface area contributed by atoms with Gasteiger partial charge in [0.2, 0.25) is 5.91 Å². The molecule has 22 heavy (non-hydrogen) atoms. The second kappa shape index (κ2) is 8.79. The third kappa shape index (κ3) is 4.78. The minimum atomic E-state index is -1.03. The van der Waals surface area contributed by atoms with Gasteiger partial charge in [0, 0.05) is 13.5 Å². The van der Waals surface area contributed by atoms with E-state index in [-0.39, 0.29) is 12.5 Å². The number of amides is 2. The highest BCUT2D eigenvalue weighted by Gasteiger charge is 2.24. The second-order valence-corrected chi connectivity index (χ2v) is 7.57. The zero-order valence-electron chi connectivity index (χ0n) is 11.4. The molecule has 1 aromatic rings. The maximum absolute atomic E-state index is 12.3. The normalized spacial score (nSPS) is 11.9. The van der Waals surface area contributed by atoms with E-state index in [2.05, 4.69) is 10.6 Å². The minimum absolute atomic E-state index is 0.0805. The molecule has 1 atom stereocenters. The van der Waals surface area contributed by atoms with Crippen LogP contribution in [-0.2, 0) is 4.79 Å². The molecule has 0 saturated carbocycles. The molecule has 0 bridgehead atoms. The van der Waals surface area contributed by atoms with E-state index in [9.17, 15) is 14.7 Å². The molecular weight excluding hydrogens is 631 g/mol. The van der Waals surface area contributed by atoms with Gasteiger partial charge in [0.1, 0.15) is 0 Å². The number of benzene rings is 1. The smallest absolute Gasteiger partial charge is 0.253 e. The summed E-state index contributed by atoms with van der Waals surface area (Å²) in [5.41, 5.74) is 7.22. The van der Waals surface area contributed by atoms with Crippen LogP contribution in [0.3, 0.4) is 0 Å². The Hall–Kier alpha value is 0.0700. The Labute approximate surface area is 168 Å². The average molecular weight is 645 g/mol. The summed E-state index contributed by atoms with van der Waals surface area (Å²) < 4.78 is 1.79. The molecule has 0 fully saturated rings. The van der Waals surface area contributed by atoms with Crippen LogP contribution in [-0.4, -0.2) is 41.3 Å². The lowest BCUT2D eigenvalue weighted by Crippen LogP contribution is -2.35. The van der Waals surface area contributed by atoms with Gasteiger partial charge in [-0.05, 0) is 67.8 Å². The number of halogens is 3. The van der Waals surface area contributed by atoms with Crippen molar-refractivity contribution in [1.82, 2.24) is 5.32 Å². The molecule has 2 amide bonds. The molecule has 1 unspecified atom stereocenters. The van der Waals surface area contributed by atoms with Gasteiger partial charge in [0.15, 0.2) is 0 Å². The number of nitrogens with two attached hydrogens (primary N) is 1. The predicted octanol–water partition coefficient (Wildman–Crippen LogP) is 1.12. The molecule has 0 aliphatic heterocycles. The number of carbonyl (C=O) groups is 2. The van der Waals surface area contributed by atoms with Crippen LogP contribution < -0.4 is 16.4 Å². The summed E-state index contributed by atoms with van der Waals surface area (Å²) in [6.45, 7) is 0.848. The lowest BCUT2D eigenvalue weighted by atomic mass is 10.1. The van der Waals surface area contributed by atoms with Crippen LogP contribution in [0.5, 0.6) is 0 Å². The van der Waals surface area contributed by atoms with E-state index in [1.54, 1.807) is 0 Å². The van der Waals surface area contributed by atoms with Crippen LogP contribution in [0.15, 0.2) is 0 Å². The van der Waals surface area contributed by atoms with E-state index in [4.69, 9.17) is 10.8 Å². The lowest BCUT2D eigenvalue weighted by molar-refractivity contribution is -0.114. The van der Waals surface area contributed by atoms with Crippen LogP contribution in [0, 0.1) is 10.7 Å². The van der Waals surface area contributed by atoms with Crippen LogP contribution in [0.1, 0.15) is 17.3 Å². The van der Waals surface area contributed by atoms with Gasteiger partial charge >= 0.3 is 0 Å². The Balaban J connectivity index is 3.26. The molecule has 0 aliphatic rings. The van der Waals surface area contributed by atoms with Crippen LogP contribution >= 0.6 is 67.8 Å². The molecule has 0 saturated heterocycles. The fourth-order valence-electron chi connectivity index (χ4n) is 1.53. The van der Waals surface area contributed by atoms with E-state index in [0.29, 0.717) is 27.6 Å². The average Bonchev–Trinajstić information content (AvgIpc) is 2.47. The molecule has 6 N–H and O–H groups in total. The highest BCUT2D eigenvalue weighted by atomic mass is 127. The standard InChI is InChI=1S/C12H14I3N3O4/c1-4(20)18-11-8(14)6(7(13)10(16)9(11)15)12(22)17-2-5(21)3-19/h5,19,21H,2-3,16H2,1H3,(H,17,22)(H,18,20).